The lowest BCUT2D eigenvalue weighted by atomic mass is 10.0. The predicted molar refractivity (Wildman–Crippen MR) is 110 cm³/mol. The lowest BCUT2D eigenvalue weighted by molar-refractivity contribution is -0.135. The SMILES string of the molecule is Cc1ccc(NC(=O)[C@@H](c2ccccc2)N2CCN(C(=O)C3CC3)CC2)cc1. The van der Waals surface area contributed by atoms with Crippen LogP contribution in [0.4, 0.5) is 5.69 Å². The highest BCUT2D eigenvalue weighted by atomic mass is 16.2. The molecule has 0 radical (unpaired) electrons. The molecular weight excluding hydrogens is 350 g/mol. The zero-order chi connectivity index (χ0) is 19.5. The highest BCUT2D eigenvalue weighted by Crippen LogP contribution is 2.32. The van der Waals surface area contributed by atoms with Crippen LogP contribution in [0.25, 0.3) is 0 Å². The Bertz CT molecular complexity index is 823. The van der Waals surface area contributed by atoms with Crippen LogP contribution in [-0.4, -0.2) is 47.8 Å². The zero-order valence-corrected chi connectivity index (χ0v) is 16.3. The number of benzene rings is 2. The molecule has 4 rings (SSSR count). The highest BCUT2D eigenvalue weighted by Gasteiger charge is 2.36. The van der Waals surface area contributed by atoms with Gasteiger partial charge in [-0.25, -0.2) is 0 Å². The van der Waals surface area contributed by atoms with Gasteiger partial charge in [0.2, 0.25) is 11.8 Å². The zero-order valence-electron chi connectivity index (χ0n) is 16.3. The molecule has 2 aliphatic rings. The monoisotopic (exact) mass is 377 g/mol. The standard InChI is InChI=1S/C23H27N3O2/c1-17-7-11-20(12-8-17)24-22(27)21(18-5-3-2-4-6-18)25-13-15-26(16-14-25)23(28)19-9-10-19/h2-8,11-12,19,21H,9-10,13-16H2,1H3,(H,24,27)/t21-/m1/s1. The third-order valence-electron chi connectivity index (χ3n) is 5.60. The molecule has 2 aromatic rings. The number of carbonyl (C=O) groups is 2. The Hall–Kier alpha value is -2.66. The maximum atomic E-state index is 13.2. The van der Waals surface area contributed by atoms with E-state index in [1.807, 2.05) is 66.4 Å². The Balaban J connectivity index is 1.48. The van der Waals surface area contributed by atoms with Gasteiger partial charge in [-0.15, -0.1) is 0 Å². The molecule has 0 bridgehead atoms. The summed E-state index contributed by atoms with van der Waals surface area (Å²) in [6.07, 6.45) is 2.06. The Labute approximate surface area is 166 Å². The van der Waals surface area contributed by atoms with Gasteiger partial charge in [-0.3, -0.25) is 14.5 Å². The molecule has 146 valence electrons. The van der Waals surface area contributed by atoms with Crippen molar-refractivity contribution in [3.63, 3.8) is 0 Å². The Morgan fingerprint density at radius 3 is 2.18 bits per heavy atom. The first kappa shape index (κ1) is 18.7. The molecule has 5 nitrogen and oxygen atoms in total. The molecule has 1 saturated carbocycles. The van der Waals surface area contributed by atoms with E-state index in [0.717, 1.165) is 29.7 Å². The fraction of sp³-hybridized carbons (Fsp3) is 0.391. The van der Waals surface area contributed by atoms with Crippen molar-refractivity contribution in [2.75, 3.05) is 31.5 Å². The molecule has 0 aromatic heterocycles. The van der Waals surface area contributed by atoms with Crippen LogP contribution in [0, 0.1) is 12.8 Å². The number of rotatable bonds is 5. The van der Waals surface area contributed by atoms with Gasteiger partial charge in [-0.1, -0.05) is 48.0 Å². The van der Waals surface area contributed by atoms with E-state index in [4.69, 9.17) is 0 Å². The molecule has 1 aliphatic carbocycles. The quantitative estimate of drug-likeness (QED) is 0.870. The first-order chi connectivity index (χ1) is 13.6. The van der Waals surface area contributed by atoms with Crippen molar-refractivity contribution in [2.45, 2.75) is 25.8 Å². The Morgan fingerprint density at radius 1 is 0.929 bits per heavy atom. The normalized spacial score (nSPS) is 18.5. The lowest BCUT2D eigenvalue weighted by Crippen LogP contribution is -2.52. The van der Waals surface area contributed by atoms with Crippen molar-refractivity contribution in [1.82, 2.24) is 9.80 Å². The topological polar surface area (TPSA) is 52.7 Å². The van der Waals surface area contributed by atoms with Crippen LogP contribution in [0.5, 0.6) is 0 Å². The van der Waals surface area contributed by atoms with Crippen LogP contribution in [0.2, 0.25) is 0 Å². The van der Waals surface area contributed by atoms with Gasteiger partial charge in [0.25, 0.3) is 0 Å². The summed E-state index contributed by atoms with van der Waals surface area (Å²) in [6, 6.07) is 17.4. The van der Waals surface area contributed by atoms with Gasteiger partial charge in [-0.05, 0) is 37.5 Å². The fourth-order valence-electron chi connectivity index (χ4n) is 3.80. The van der Waals surface area contributed by atoms with Crippen molar-refractivity contribution in [3.05, 3.63) is 65.7 Å². The van der Waals surface area contributed by atoms with E-state index in [0.29, 0.717) is 32.1 Å². The molecule has 0 spiro atoms. The maximum Gasteiger partial charge on any atom is 0.246 e. The fourth-order valence-corrected chi connectivity index (χ4v) is 3.80. The van der Waals surface area contributed by atoms with Gasteiger partial charge >= 0.3 is 0 Å². The number of amides is 2. The van der Waals surface area contributed by atoms with E-state index >= 15 is 0 Å². The van der Waals surface area contributed by atoms with Crippen LogP contribution in [-0.2, 0) is 9.59 Å². The van der Waals surface area contributed by atoms with Crippen LogP contribution in [0.3, 0.4) is 0 Å². The van der Waals surface area contributed by atoms with Gasteiger partial charge in [-0.2, -0.15) is 0 Å². The molecule has 2 aromatic carbocycles. The highest BCUT2D eigenvalue weighted by molar-refractivity contribution is 5.95. The number of hydrogen-bond acceptors (Lipinski definition) is 3. The minimum Gasteiger partial charge on any atom is -0.340 e. The number of hydrogen-bond donors (Lipinski definition) is 1. The number of carbonyl (C=O) groups excluding carboxylic acids is 2. The summed E-state index contributed by atoms with van der Waals surface area (Å²) in [4.78, 5) is 29.7. The molecule has 1 atom stereocenters. The third-order valence-corrected chi connectivity index (χ3v) is 5.60. The summed E-state index contributed by atoms with van der Waals surface area (Å²) >= 11 is 0. The molecule has 0 unspecified atom stereocenters. The van der Waals surface area contributed by atoms with Gasteiger partial charge in [0.15, 0.2) is 0 Å². The van der Waals surface area contributed by atoms with Crippen LogP contribution >= 0.6 is 0 Å². The molecule has 5 heteroatoms. The van der Waals surface area contributed by atoms with Gasteiger partial charge in [0.1, 0.15) is 6.04 Å². The smallest absolute Gasteiger partial charge is 0.246 e. The van der Waals surface area contributed by atoms with Gasteiger partial charge in [0.05, 0.1) is 0 Å². The van der Waals surface area contributed by atoms with E-state index in [1.54, 1.807) is 0 Å². The largest absolute Gasteiger partial charge is 0.340 e. The van der Waals surface area contributed by atoms with Crippen molar-refractivity contribution in [3.8, 4) is 0 Å². The molecule has 2 amide bonds. The van der Waals surface area contributed by atoms with Crippen molar-refractivity contribution < 1.29 is 9.59 Å². The average Bonchev–Trinajstić information content (AvgIpc) is 3.56. The first-order valence-electron chi connectivity index (χ1n) is 10.1. The van der Waals surface area contributed by atoms with Gasteiger partial charge in [0, 0.05) is 37.8 Å². The minimum atomic E-state index is -0.360. The van der Waals surface area contributed by atoms with Crippen LogP contribution < -0.4 is 5.32 Å². The molecule has 1 aliphatic heterocycles. The van der Waals surface area contributed by atoms with E-state index in [9.17, 15) is 9.59 Å². The molecule has 1 N–H and O–H groups in total. The number of nitrogens with one attached hydrogen (secondary N) is 1. The van der Waals surface area contributed by atoms with E-state index in [-0.39, 0.29) is 17.9 Å². The van der Waals surface area contributed by atoms with E-state index in [1.165, 1.54) is 0 Å². The Kier molecular flexibility index (Phi) is 5.44. The molecule has 1 heterocycles. The van der Waals surface area contributed by atoms with Crippen LogP contribution in [0.15, 0.2) is 54.6 Å². The van der Waals surface area contributed by atoms with E-state index < -0.39 is 0 Å². The average molecular weight is 377 g/mol. The summed E-state index contributed by atoms with van der Waals surface area (Å²) in [5.41, 5.74) is 2.95. The Morgan fingerprint density at radius 2 is 1.57 bits per heavy atom. The predicted octanol–water partition coefficient (Wildman–Crippen LogP) is 3.23. The molecular formula is C23H27N3O2. The lowest BCUT2D eigenvalue weighted by Gasteiger charge is -2.39. The number of nitrogens with zero attached hydrogens (tertiary/aromatic N) is 2. The molecule has 1 saturated heterocycles. The van der Waals surface area contributed by atoms with Crippen molar-refractivity contribution in [1.29, 1.82) is 0 Å². The summed E-state index contributed by atoms with van der Waals surface area (Å²) < 4.78 is 0. The molecule has 2 fully saturated rings. The summed E-state index contributed by atoms with van der Waals surface area (Å²) in [7, 11) is 0. The first-order valence-corrected chi connectivity index (χ1v) is 10.1. The maximum absolute atomic E-state index is 13.2. The summed E-state index contributed by atoms with van der Waals surface area (Å²) in [5, 5.41) is 3.07. The van der Waals surface area contributed by atoms with Crippen LogP contribution in [0.1, 0.15) is 30.0 Å². The second-order valence-corrected chi connectivity index (χ2v) is 7.80. The number of aryl methyl sites for hydroxylation is 1. The minimum absolute atomic E-state index is 0.0305. The van der Waals surface area contributed by atoms with Crippen molar-refractivity contribution >= 4 is 17.5 Å². The number of piperazine rings is 1. The number of anilines is 1. The second kappa shape index (κ2) is 8.15. The molecule has 28 heavy (non-hydrogen) atoms. The third kappa shape index (κ3) is 4.25. The second-order valence-electron chi connectivity index (χ2n) is 7.80. The van der Waals surface area contributed by atoms with Gasteiger partial charge < -0.3 is 10.2 Å². The van der Waals surface area contributed by atoms with Crippen molar-refractivity contribution in [2.24, 2.45) is 5.92 Å². The summed E-state index contributed by atoms with van der Waals surface area (Å²) in [5.74, 6) is 0.512. The summed E-state index contributed by atoms with van der Waals surface area (Å²) in [6.45, 7) is 4.83. The van der Waals surface area contributed by atoms with E-state index in [2.05, 4.69) is 10.2 Å².